The van der Waals surface area contributed by atoms with Crippen LogP contribution in [0.15, 0.2) is 36.4 Å². The molecule has 0 bridgehead atoms. The highest BCUT2D eigenvalue weighted by Gasteiger charge is 2.20. The molecule has 1 aliphatic rings. The van der Waals surface area contributed by atoms with Gasteiger partial charge in [0.25, 0.3) is 5.91 Å². The van der Waals surface area contributed by atoms with E-state index in [1.165, 1.54) is 0 Å². The number of carbonyl (C=O) groups is 1. The van der Waals surface area contributed by atoms with E-state index in [2.05, 4.69) is 22.0 Å². The van der Waals surface area contributed by atoms with Crippen LogP contribution in [0.3, 0.4) is 0 Å². The summed E-state index contributed by atoms with van der Waals surface area (Å²) in [5, 5.41) is 3.18. The van der Waals surface area contributed by atoms with E-state index in [9.17, 15) is 13.6 Å². The molecule has 0 aromatic heterocycles. The molecule has 2 aromatic carbocycles. The van der Waals surface area contributed by atoms with E-state index in [0.29, 0.717) is 16.8 Å². The molecule has 0 spiro atoms. The number of nitrogens with zero attached hydrogens (tertiary/aromatic N) is 2. The van der Waals surface area contributed by atoms with Crippen molar-refractivity contribution in [1.82, 2.24) is 4.90 Å². The molecule has 0 saturated carbocycles. The van der Waals surface area contributed by atoms with Crippen molar-refractivity contribution >= 4 is 28.9 Å². The minimum atomic E-state index is -0.900. The van der Waals surface area contributed by atoms with Crippen LogP contribution < -0.4 is 10.2 Å². The molecule has 1 saturated heterocycles. The summed E-state index contributed by atoms with van der Waals surface area (Å²) in [6.45, 7) is 6.63. The maximum Gasteiger partial charge on any atom is 0.258 e. The summed E-state index contributed by atoms with van der Waals surface area (Å²) < 4.78 is 26.9. The molecule has 1 heterocycles. The molecule has 0 atom stereocenters. The Morgan fingerprint density at radius 3 is 2.50 bits per heavy atom. The molecular weight excluding hydrogens is 360 g/mol. The molecular formula is C19H20ClF2N3O. The molecule has 4 nitrogen and oxygen atoms in total. The number of hydrogen-bond donors (Lipinski definition) is 1. The van der Waals surface area contributed by atoms with Crippen molar-refractivity contribution in [3.05, 3.63) is 58.6 Å². The first-order chi connectivity index (χ1) is 12.5. The SMILES string of the molecule is CCN1CCN(c2ccc(Cl)cc2NC(=O)c2ccc(F)cc2F)CC1. The Kier molecular flexibility index (Phi) is 5.74. The smallest absolute Gasteiger partial charge is 0.258 e. The molecule has 7 heteroatoms. The lowest BCUT2D eigenvalue weighted by atomic mass is 10.1. The van der Waals surface area contributed by atoms with Gasteiger partial charge in [0.2, 0.25) is 0 Å². The predicted octanol–water partition coefficient (Wildman–Crippen LogP) is 4.01. The van der Waals surface area contributed by atoms with Crippen molar-refractivity contribution in [3.8, 4) is 0 Å². The second-order valence-corrected chi connectivity index (χ2v) is 6.60. The molecule has 26 heavy (non-hydrogen) atoms. The third kappa shape index (κ3) is 4.14. The second kappa shape index (κ2) is 8.01. The Bertz CT molecular complexity index is 807. The van der Waals surface area contributed by atoms with Crippen LogP contribution in [0.25, 0.3) is 0 Å². The zero-order valence-corrected chi connectivity index (χ0v) is 15.2. The van der Waals surface area contributed by atoms with Gasteiger partial charge in [-0.05, 0) is 36.9 Å². The fourth-order valence-corrected chi connectivity index (χ4v) is 3.22. The number of likely N-dealkylation sites (N-methyl/N-ethyl adjacent to an activating group) is 1. The van der Waals surface area contributed by atoms with Crippen molar-refractivity contribution < 1.29 is 13.6 Å². The molecule has 0 radical (unpaired) electrons. The molecule has 1 N–H and O–H groups in total. The van der Waals surface area contributed by atoms with Crippen LogP contribution in [-0.2, 0) is 0 Å². The standard InChI is InChI=1S/C19H20ClF2N3O/c1-2-24-7-9-25(10-8-24)18-6-3-13(20)11-17(18)23-19(26)15-5-4-14(21)12-16(15)22/h3-6,11-12H,2,7-10H2,1H3,(H,23,26). The summed E-state index contributed by atoms with van der Waals surface area (Å²) in [6.07, 6.45) is 0. The number of carbonyl (C=O) groups excluding carboxylic acids is 1. The van der Waals surface area contributed by atoms with E-state index in [4.69, 9.17) is 11.6 Å². The fraction of sp³-hybridized carbons (Fsp3) is 0.316. The van der Waals surface area contributed by atoms with Crippen LogP contribution in [0.5, 0.6) is 0 Å². The molecule has 0 aliphatic carbocycles. The van der Waals surface area contributed by atoms with Crippen molar-refractivity contribution in [2.45, 2.75) is 6.92 Å². The fourth-order valence-electron chi connectivity index (χ4n) is 3.05. The maximum atomic E-state index is 13.9. The van der Waals surface area contributed by atoms with Gasteiger partial charge in [-0.3, -0.25) is 4.79 Å². The van der Waals surface area contributed by atoms with Gasteiger partial charge in [-0.1, -0.05) is 18.5 Å². The Hall–Kier alpha value is -2.18. The number of nitrogens with one attached hydrogen (secondary N) is 1. The highest BCUT2D eigenvalue weighted by atomic mass is 35.5. The average molecular weight is 380 g/mol. The third-order valence-corrected chi connectivity index (χ3v) is 4.78. The summed E-state index contributed by atoms with van der Waals surface area (Å²) in [5.74, 6) is -2.27. The first-order valence-corrected chi connectivity index (χ1v) is 8.89. The number of halogens is 3. The van der Waals surface area contributed by atoms with Crippen molar-refractivity contribution in [2.24, 2.45) is 0 Å². The summed E-state index contributed by atoms with van der Waals surface area (Å²) in [4.78, 5) is 17.0. The van der Waals surface area contributed by atoms with E-state index in [0.717, 1.165) is 50.5 Å². The third-order valence-electron chi connectivity index (χ3n) is 4.54. The minimum absolute atomic E-state index is 0.215. The number of amides is 1. The van der Waals surface area contributed by atoms with Gasteiger partial charge in [-0.25, -0.2) is 8.78 Å². The van der Waals surface area contributed by atoms with Crippen molar-refractivity contribution in [2.75, 3.05) is 42.9 Å². The van der Waals surface area contributed by atoms with Gasteiger partial charge < -0.3 is 15.1 Å². The number of anilines is 2. The van der Waals surface area contributed by atoms with E-state index < -0.39 is 17.5 Å². The zero-order valence-electron chi connectivity index (χ0n) is 14.4. The zero-order chi connectivity index (χ0) is 18.7. The predicted molar refractivity (Wildman–Crippen MR) is 100 cm³/mol. The van der Waals surface area contributed by atoms with Crippen LogP contribution in [0, 0.1) is 11.6 Å². The summed E-state index contributed by atoms with van der Waals surface area (Å²) in [5.41, 5.74) is 1.13. The quantitative estimate of drug-likeness (QED) is 0.871. The maximum absolute atomic E-state index is 13.9. The first-order valence-electron chi connectivity index (χ1n) is 8.51. The van der Waals surface area contributed by atoms with Crippen molar-refractivity contribution in [1.29, 1.82) is 0 Å². The van der Waals surface area contributed by atoms with Gasteiger partial charge in [0.15, 0.2) is 0 Å². The molecule has 1 fully saturated rings. The number of hydrogen-bond acceptors (Lipinski definition) is 3. The average Bonchev–Trinajstić information content (AvgIpc) is 2.62. The van der Waals surface area contributed by atoms with Crippen LogP contribution in [0.2, 0.25) is 5.02 Å². The van der Waals surface area contributed by atoms with E-state index in [1.807, 2.05) is 6.07 Å². The van der Waals surface area contributed by atoms with E-state index >= 15 is 0 Å². The number of benzene rings is 2. The van der Waals surface area contributed by atoms with Crippen LogP contribution in [0.1, 0.15) is 17.3 Å². The summed E-state index contributed by atoms with van der Waals surface area (Å²) >= 11 is 6.08. The highest BCUT2D eigenvalue weighted by Crippen LogP contribution is 2.30. The van der Waals surface area contributed by atoms with Crippen LogP contribution in [0.4, 0.5) is 20.2 Å². The summed E-state index contributed by atoms with van der Waals surface area (Å²) in [6, 6.07) is 8.13. The lowest BCUT2D eigenvalue weighted by Crippen LogP contribution is -2.46. The Labute approximate surface area is 156 Å². The summed E-state index contributed by atoms with van der Waals surface area (Å²) in [7, 11) is 0. The van der Waals surface area contributed by atoms with Gasteiger partial charge in [-0.2, -0.15) is 0 Å². The Morgan fingerprint density at radius 2 is 1.85 bits per heavy atom. The molecule has 1 aliphatic heterocycles. The molecule has 3 rings (SSSR count). The van der Waals surface area contributed by atoms with Gasteiger partial charge in [0, 0.05) is 37.3 Å². The van der Waals surface area contributed by atoms with E-state index in [1.54, 1.807) is 12.1 Å². The lowest BCUT2D eigenvalue weighted by molar-refractivity contribution is 0.102. The molecule has 1 amide bonds. The molecule has 0 unspecified atom stereocenters. The first kappa shape index (κ1) is 18.6. The van der Waals surface area contributed by atoms with Gasteiger partial charge in [-0.15, -0.1) is 0 Å². The highest BCUT2D eigenvalue weighted by molar-refractivity contribution is 6.31. The second-order valence-electron chi connectivity index (χ2n) is 6.16. The van der Waals surface area contributed by atoms with Crippen LogP contribution in [-0.4, -0.2) is 43.5 Å². The van der Waals surface area contributed by atoms with E-state index in [-0.39, 0.29) is 5.56 Å². The largest absolute Gasteiger partial charge is 0.367 e. The van der Waals surface area contributed by atoms with Crippen molar-refractivity contribution in [3.63, 3.8) is 0 Å². The van der Waals surface area contributed by atoms with Gasteiger partial charge >= 0.3 is 0 Å². The topological polar surface area (TPSA) is 35.6 Å². The Morgan fingerprint density at radius 1 is 1.12 bits per heavy atom. The lowest BCUT2D eigenvalue weighted by Gasteiger charge is -2.36. The molecule has 138 valence electrons. The Balaban J connectivity index is 1.83. The molecule has 2 aromatic rings. The number of rotatable bonds is 4. The monoisotopic (exact) mass is 379 g/mol. The number of piperazine rings is 1. The minimum Gasteiger partial charge on any atom is -0.367 e. The van der Waals surface area contributed by atoms with Gasteiger partial charge in [0.05, 0.1) is 16.9 Å². The van der Waals surface area contributed by atoms with Crippen LogP contribution >= 0.6 is 11.6 Å². The van der Waals surface area contributed by atoms with Gasteiger partial charge in [0.1, 0.15) is 11.6 Å². The normalized spacial score (nSPS) is 15.2.